The van der Waals surface area contributed by atoms with Crippen molar-refractivity contribution in [2.45, 2.75) is 50.6 Å². The topological polar surface area (TPSA) is 32.3 Å². The number of rotatable bonds is 2. The van der Waals surface area contributed by atoms with Crippen LogP contribution in [-0.4, -0.2) is 22.9 Å². The number of nitrogens with one attached hydrogen (secondary N) is 1. The van der Waals surface area contributed by atoms with E-state index in [1.165, 1.54) is 6.07 Å². The van der Waals surface area contributed by atoms with Crippen molar-refractivity contribution in [3.63, 3.8) is 0 Å². The molecule has 1 amide bonds. The van der Waals surface area contributed by atoms with E-state index in [1.54, 1.807) is 17.9 Å². The van der Waals surface area contributed by atoms with Gasteiger partial charge in [-0.2, -0.15) is 13.2 Å². The van der Waals surface area contributed by atoms with Gasteiger partial charge in [0.1, 0.15) is 6.17 Å². The molecule has 6 heteroatoms. The molecule has 3 nitrogen and oxygen atoms in total. The average Bonchev–Trinajstić information content (AvgIpc) is 2.65. The van der Waals surface area contributed by atoms with Gasteiger partial charge in [0, 0.05) is 6.04 Å². The first-order valence-electron chi connectivity index (χ1n) is 7.13. The number of halogens is 3. The molecule has 1 N–H and O–H groups in total. The second kappa shape index (κ2) is 5.02. The second-order valence-electron chi connectivity index (χ2n) is 5.74. The number of alkyl halides is 3. The third-order valence-electron chi connectivity index (χ3n) is 4.31. The Labute approximate surface area is 121 Å². The molecular weight excluding hydrogens is 281 g/mol. The summed E-state index contributed by atoms with van der Waals surface area (Å²) in [5, 5.41) is 3.11. The second-order valence-corrected chi connectivity index (χ2v) is 5.74. The largest absolute Gasteiger partial charge is 0.416 e. The van der Waals surface area contributed by atoms with E-state index in [0.29, 0.717) is 5.56 Å². The van der Waals surface area contributed by atoms with Gasteiger partial charge < -0.3 is 4.90 Å². The first-order chi connectivity index (χ1) is 9.88. The van der Waals surface area contributed by atoms with E-state index in [4.69, 9.17) is 0 Å². The summed E-state index contributed by atoms with van der Waals surface area (Å²) >= 11 is 0. The highest BCUT2D eigenvalue weighted by atomic mass is 19.4. The van der Waals surface area contributed by atoms with Crippen molar-refractivity contribution in [2.75, 3.05) is 0 Å². The maximum atomic E-state index is 12.8. The molecule has 3 rings (SSSR count). The molecule has 1 aromatic rings. The Kier molecular flexibility index (Phi) is 3.43. The van der Waals surface area contributed by atoms with Crippen LogP contribution in [0.2, 0.25) is 0 Å². The molecule has 2 fully saturated rings. The monoisotopic (exact) mass is 298 g/mol. The lowest BCUT2D eigenvalue weighted by atomic mass is 9.90. The van der Waals surface area contributed by atoms with Gasteiger partial charge in [-0.3, -0.25) is 10.1 Å². The van der Waals surface area contributed by atoms with Gasteiger partial charge in [0.25, 0.3) is 0 Å². The normalized spacial score (nSPS) is 27.0. The van der Waals surface area contributed by atoms with Crippen molar-refractivity contribution in [3.05, 3.63) is 35.4 Å². The van der Waals surface area contributed by atoms with Crippen molar-refractivity contribution >= 4 is 5.91 Å². The Morgan fingerprint density at radius 3 is 2.57 bits per heavy atom. The van der Waals surface area contributed by atoms with Crippen LogP contribution in [0.4, 0.5) is 13.2 Å². The van der Waals surface area contributed by atoms with E-state index in [-0.39, 0.29) is 18.0 Å². The minimum atomic E-state index is -4.37. The molecule has 1 aromatic carbocycles. The van der Waals surface area contributed by atoms with Gasteiger partial charge in [0.05, 0.1) is 11.6 Å². The van der Waals surface area contributed by atoms with E-state index in [2.05, 4.69) is 5.32 Å². The SMILES string of the molecule is CC1NC(c2cccc(C(F)(F)F)c2)N(C2CCC2)C1=O. The Hall–Kier alpha value is -1.56. The van der Waals surface area contributed by atoms with Crippen LogP contribution in [0.1, 0.15) is 43.5 Å². The molecule has 2 atom stereocenters. The molecule has 2 aliphatic rings. The fraction of sp³-hybridized carbons (Fsp3) is 0.533. The lowest BCUT2D eigenvalue weighted by molar-refractivity contribution is -0.137. The number of carbonyl (C=O) groups is 1. The molecule has 1 aliphatic heterocycles. The summed E-state index contributed by atoms with van der Waals surface area (Å²) in [6, 6.07) is 5.02. The lowest BCUT2D eigenvalue weighted by Gasteiger charge is -2.38. The summed E-state index contributed by atoms with van der Waals surface area (Å²) in [7, 11) is 0. The zero-order valence-corrected chi connectivity index (χ0v) is 11.7. The number of carbonyl (C=O) groups excluding carboxylic acids is 1. The minimum absolute atomic E-state index is 0.0258. The molecule has 1 saturated heterocycles. The molecule has 1 aliphatic carbocycles. The number of nitrogens with zero attached hydrogens (tertiary/aromatic N) is 1. The highest BCUT2D eigenvalue weighted by Crippen LogP contribution is 2.37. The maximum Gasteiger partial charge on any atom is 0.416 e. The molecule has 2 unspecified atom stereocenters. The zero-order chi connectivity index (χ0) is 15.2. The van der Waals surface area contributed by atoms with Crippen LogP contribution in [0, 0.1) is 0 Å². The van der Waals surface area contributed by atoms with Crippen LogP contribution in [0.5, 0.6) is 0 Å². The van der Waals surface area contributed by atoms with Gasteiger partial charge in [0.2, 0.25) is 5.91 Å². The first-order valence-corrected chi connectivity index (χ1v) is 7.13. The van der Waals surface area contributed by atoms with Crippen LogP contribution in [0.15, 0.2) is 24.3 Å². The lowest BCUT2D eigenvalue weighted by Crippen LogP contribution is -2.43. The number of benzene rings is 1. The molecule has 114 valence electrons. The molecule has 0 spiro atoms. The van der Waals surface area contributed by atoms with E-state index in [1.807, 2.05) is 0 Å². The van der Waals surface area contributed by atoms with Crippen molar-refractivity contribution < 1.29 is 18.0 Å². The third kappa shape index (κ3) is 2.52. The summed E-state index contributed by atoms with van der Waals surface area (Å²) in [5.41, 5.74) is -0.184. The summed E-state index contributed by atoms with van der Waals surface area (Å²) < 4.78 is 38.5. The number of hydrogen-bond acceptors (Lipinski definition) is 2. The quantitative estimate of drug-likeness (QED) is 0.910. The summed E-state index contributed by atoms with van der Waals surface area (Å²) in [5.74, 6) is -0.0258. The molecule has 0 bridgehead atoms. The molecule has 0 radical (unpaired) electrons. The van der Waals surface area contributed by atoms with E-state index >= 15 is 0 Å². The highest BCUT2D eigenvalue weighted by Gasteiger charge is 2.43. The van der Waals surface area contributed by atoms with Gasteiger partial charge in [-0.05, 0) is 43.9 Å². The van der Waals surface area contributed by atoms with Crippen LogP contribution in [-0.2, 0) is 11.0 Å². The predicted molar refractivity (Wildman–Crippen MR) is 71.3 cm³/mol. The van der Waals surface area contributed by atoms with Crippen LogP contribution < -0.4 is 5.32 Å². The Balaban J connectivity index is 1.93. The van der Waals surface area contributed by atoms with Gasteiger partial charge in [0.15, 0.2) is 0 Å². The van der Waals surface area contributed by atoms with Crippen LogP contribution >= 0.6 is 0 Å². The fourth-order valence-corrected chi connectivity index (χ4v) is 2.94. The van der Waals surface area contributed by atoms with E-state index < -0.39 is 17.9 Å². The molecule has 1 heterocycles. The van der Waals surface area contributed by atoms with Crippen molar-refractivity contribution in [1.29, 1.82) is 0 Å². The summed E-state index contributed by atoms with van der Waals surface area (Å²) in [6.07, 6.45) is -1.91. The standard InChI is InChI=1S/C15H17F3N2O/c1-9-14(21)20(12-6-3-7-12)13(19-9)10-4-2-5-11(8-10)15(16,17)18/h2,4-5,8-9,12-13,19H,3,6-7H2,1H3. The smallest absolute Gasteiger partial charge is 0.319 e. The Morgan fingerprint density at radius 2 is 2.00 bits per heavy atom. The van der Waals surface area contributed by atoms with E-state index in [9.17, 15) is 18.0 Å². The fourth-order valence-electron chi connectivity index (χ4n) is 2.94. The highest BCUT2D eigenvalue weighted by molar-refractivity contribution is 5.84. The maximum absolute atomic E-state index is 12.8. The molecule has 1 saturated carbocycles. The minimum Gasteiger partial charge on any atom is -0.319 e. The van der Waals surface area contributed by atoms with Gasteiger partial charge >= 0.3 is 6.18 Å². The van der Waals surface area contributed by atoms with Crippen LogP contribution in [0.3, 0.4) is 0 Å². The van der Waals surface area contributed by atoms with Crippen LogP contribution in [0.25, 0.3) is 0 Å². The molecule has 0 aromatic heterocycles. The summed E-state index contributed by atoms with van der Waals surface area (Å²) in [4.78, 5) is 14.0. The number of hydrogen-bond donors (Lipinski definition) is 1. The molecular formula is C15H17F3N2O. The van der Waals surface area contributed by atoms with Gasteiger partial charge in [-0.25, -0.2) is 0 Å². The zero-order valence-electron chi connectivity index (χ0n) is 11.7. The third-order valence-corrected chi connectivity index (χ3v) is 4.31. The number of amides is 1. The van der Waals surface area contributed by atoms with Crippen molar-refractivity contribution in [1.82, 2.24) is 10.2 Å². The Bertz CT molecular complexity index is 554. The average molecular weight is 298 g/mol. The molecule has 21 heavy (non-hydrogen) atoms. The van der Waals surface area contributed by atoms with Gasteiger partial charge in [-0.15, -0.1) is 0 Å². The van der Waals surface area contributed by atoms with Gasteiger partial charge in [-0.1, -0.05) is 12.1 Å². The Morgan fingerprint density at radius 1 is 1.29 bits per heavy atom. The predicted octanol–water partition coefficient (Wildman–Crippen LogP) is 3.08. The van der Waals surface area contributed by atoms with Crippen molar-refractivity contribution in [2.24, 2.45) is 0 Å². The summed E-state index contributed by atoms with van der Waals surface area (Å²) in [6.45, 7) is 1.75. The van der Waals surface area contributed by atoms with Crippen molar-refractivity contribution in [3.8, 4) is 0 Å². The first kappa shape index (κ1) is 14.4. The van der Waals surface area contributed by atoms with E-state index in [0.717, 1.165) is 31.4 Å².